The zero-order valence-electron chi connectivity index (χ0n) is 15.4. The summed E-state index contributed by atoms with van der Waals surface area (Å²) in [4.78, 5) is 24.1. The fourth-order valence-electron chi connectivity index (χ4n) is 3.85. The molecule has 3 heterocycles. The Balaban J connectivity index is 1.53. The third-order valence-electron chi connectivity index (χ3n) is 5.19. The van der Waals surface area contributed by atoms with Crippen LogP contribution < -0.4 is 0 Å². The third-order valence-corrected chi connectivity index (χ3v) is 5.55. The van der Waals surface area contributed by atoms with Crippen molar-refractivity contribution < 1.29 is 4.79 Å². The number of carbonyl (C=O) groups excluding carboxylic acids is 1. The summed E-state index contributed by atoms with van der Waals surface area (Å²) >= 11 is 6.21. The van der Waals surface area contributed by atoms with Crippen molar-refractivity contribution in [3.63, 3.8) is 0 Å². The largest absolute Gasteiger partial charge is 0.342 e. The van der Waals surface area contributed by atoms with Crippen molar-refractivity contribution in [2.45, 2.75) is 38.6 Å². The molecule has 1 amide bonds. The van der Waals surface area contributed by atoms with Gasteiger partial charge in [-0.15, -0.1) is 0 Å². The number of aromatic nitrogens is 3. The molecule has 0 N–H and O–H groups in total. The van der Waals surface area contributed by atoms with Crippen LogP contribution in [0.5, 0.6) is 0 Å². The monoisotopic (exact) mass is 382 g/mol. The van der Waals surface area contributed by atoms with Crippen molar-refractivity contribution in [1.82, 2.24) is 19.4 Å². The van der Waals surface area contributed by atoms with Crippen LogP contribution in [0, 0.1) is 0 Å². The lowest BCUT2D eigenvalue weighted by Gasteiger charge is -2.17. The van der Waals surface area contributed by atoms with Crippen molar-refractivity contribution in [3.05, 3.63) is 59.0 Å². The first-order chi connectivity index (χ1) is 13.2. The highest BCUT2D eigenvalue weighted by Crippen LogP contribution is 2.30. The molecule has 0 bridgehead atoms. The predicted octanol–water partition coefficient (Wildman–Crippen LogP) is 4.05. The summed E-state index contributed by atoms with van der Waals surface area (Å²) in [6.07, 6.45) is 4.12. The van der Waals surface area contributed by atoms with E-state index in [1.165, 1.54) is 0 Å². The number of aryl methyl sites for hydroxylation is 1. The number of pyridine rings is 1. The van der Waals surface area contributed by atoms with Crippen LogP contribution in [0.15, 0.2) is 42.6 Å². The number of hydrogen-bond donors (Lipinski definition) is 0. The molecule has 1 aliphatic heterocycles. The summed E-state index contributed by atoms with van der Waals surface area (Å²) in [5.41, 5.74) is 2.76. The molecule has 1 unspecified atom stereocenters. The number of carbonyl (C=O) groups is 1. The van der Waals surface area contributed by atoms with Crippen LogP contribution in [0.4, 0.5) is 0 Å². The number of nitrogens with zero attached hydrogens (tertiary/aromatic N) is 4. The van der Waals surface area contributed by atoms with Crippen LogP contribution in [-0.2, 0) is 17.8 Å². The highest BCUT2D eigenvalue weighted by molar-refractivity contribution is 6.31. The molecule has 1 atom stereocenters. The summed E-state index contributed by atoms with van der Waals surface area (Å²) in [5, 5.41) is 0.650. The van der Waals surface area contributed by atoms with Crippen LogP contribution in [-0.4, -0.2) is 38.4 Å². The maximum Gasteiger partial charge on any atom is 0.227 e. The minimum absolute atomic E-state index is 0.127. The second kappa shape index (κ2) is 7.69. The average Bonchev–Trinajstić information content (AvgIpc) is 3.29. The molecule has 0 spiro atoms. The number of likely N-dealkylation sites (tertiary alicyclic amines) is 1. The molecule has 1 saturated heterocycles. The summed E-state index contributed by atoms with van der Waals surface area (Å²) in [7, 11) is 0. The van der Waals surface area contributed by atoms with Gasteiger partial charge in [-0.1, -0.05) is 36.7 Å². The van der Waals surface area contributed by atoms with E-state index in [4.69, 9.17) is 16.6 Å². The standard InChI is InChI=1S/C21H23ClN4O/c1-2-11-26-20(24-18-8-5-10-23-21(18)26)16-9-12-25(14-16)19(27)13-15-6-3-4-7-17(15)22/h3-8,10,16H,2,9,11-14H2,1H3. The summed E-state index contributed by atoms with van der Waals surface area (Å²) in [6, 6.07) is 11.5. The first kappa shape index (κ1) is 18.0. The molecule has 2 aromatic heterocycles. The average molecular weight is 383 g/mol. The fourth-order valence-corrected chi connectivity index (χ4v) is 4.05. The first-order valence-corrected chi connectivity index (χ1v) is 9.87. The lowest BCUT2D eigenvalue weighted by atomic mass is 10.1. The normalized spacial score (nSPS) is 17.0. The number of hydrogen-bond acceptors (Lipinski definition) is 3. The summed E-state index contributed by atoms with van der Waals surface area (Å²) < 4.78 is 2.22. The van der Waals surface area contributed by atoms with Gasteiger partial charge in [0.15, 0.2) is 5.65 Å². The van der Waals surface area contributed by atoms with E-state index in [-0.39, 0.29) is 11.8 Å². The van der Waals surface area contributed by atoms with Crippen molar-refractivity contribution in [2.24, 2.45) is 0 Å². The van der Waals surface area contributed by atoms with Gasteiger partial charge in [-0.05, 0) is 36.6 Å². The topological polar surface area (TPSA) is 51.0 Å². The van der Waals surface area contributed by atoms with E-state index < -0.39 is 0 Å². The van der Waals surface area contributed by atoms with E-state index in [9.17, 15) is 4.79 Å². The molecular weight excluding hydrogens is 360 g/mol. The molecule has 6 heteroatoms. The van der Waals surface area contributed by atoms with Gasteiger partial charge < -0.3 is 9.47 Å². The number of benzene rings is 1. The van der Waals surface area contributed by atoms with E-state index in [1.54, 1.807) is 0 Å². The quantitative estimate of drug-likeness (QED) is 0.668. The highest BCUT2D eigenvalue weighted by Gasteiger charge is 2.31. The van der Waals surface area contributed by atoms with Crippen LogP contribution in [0.25, 0.3) is 11.2 Å². The van der Waals surface area contributed by atoms with E-state index >= 15 is 0 Å². The third kappa shape index (κ3) is 3.56. The Hall–Kier alpha value is -2.40. The molecular formula is C21H23ClN4O. The SMILES string of the molecule is CCCn1c(C2CCN(C(=O)Cc3ccccc3Cl)C2)nc2cccnc21. The minimum atomic E-state index is 0.127. The number of rotatable bonds is 5. The molecule has 140 valence electrons. The Morgan fingerprint density at radius 3 is 2.93 bits per heavy atom. The molecule has 1 fully saturated rings. The second-order valence-corrected chi connectivity index (χ2v) is 7.47. The first-order valence-electron chi connectivity index (χ1n) is 9.49. The van der Waals surface area contributed by atoms with E-state index in [0.717, 1.165) is 48.5 Å². The number of imidazole rings is 1. The number of fused-ring (bicyclic) bond motifs is 1. The number of halogens is 1. The zero-order chi connectivity index (χ0) is 18.8. The summed E-state index contributed by atoms with van der Waals surface area (Å²) in [5.74, 6) is 1.43. The van der Waals surface area contributed by atoms with Gasteiger partial charge >= 0.3 is 0 Å². The Morgan fingerprint density at radius 1 is 1.26 bits per heavy atom. The van der Waals surface area contributed by atoms with Gasteiger partial charge in [0.25, 0.3) is 0 Å². The molecule has 1 aromatic carbocycles. The molecule has 1 aliphatic rings. The van der Waals surface area contributed by atoms with Gasteiger partial charge in [0.2, 0.25) is 5.91 Å². The zero-order valence-corrected chi connectivity index (χ0v) is 16.2. The van der Waals surface area contributed by atoms with Gasteiger partial charge in [-0.25, -0.2) is 9.97 Å². The molecule has 0 aliphatic carbocycles. The van der Waals surface area contributed by atoms with Gasteiger partial charge in [0, 0.05) is 36.8 Å². The Kier molecular flexibility index (Phi) is 5.12. The maximum atomic E-state index is 12.8. The lowest BCUT2D eigenvalue weighted by Crippen LogP contribution is -2.30. The van der Waals surface area contributed by atoms with Gasteiger partial charge in [0.1, 0.15) is 11.3 Å². The molecule has 3 aromatic rings. The fraction of sp³-hybridized carbons (Fsp3) is 0.381. The smallest absolute Gasteiger partial charge is 0.227 e. The molecule has 0 radical (unpaired) electrons. The van der Waals surface area contributed by atoms with Gasteiger partial charge in [-0.2, -0.15) is 0 Å². The van der Waals surface area contributed by atoms with Crippen molar-refractivity contribution in [2.75, 3.05) is 13.1 Å². The maximum absolute atomic E-state index is 12.8. The lowest BCUT2D eigenvalue weighted by molar-refractivity contribution is -0.129. The Morgan fingerprint density at radius 2 is 2.11 bits per heavy atom. The van der Waals surface area contributed by atoms with Crippen molar-refractivity contribution in [3.8, 4) is 0 Å². The Labute approximate surface area is 164 Å². The van der Waals surface area contributed by atoms with E-state index in [2.05, 4.69) is 16.5 Å². The van der Waals surface area contributed by atoms with E-state index in [1.807, 2.05) is 47.5 Å². The molecule has 4 rings (SSSR count). The van der Waals surface area contributed by atoms with Crippen LogP contribution in [0.2, 0.25) is 5.02 Å². The Bertz CT molecular complexity index is 968. The van der Waals surface area contributed by atoms with Gasteiger partial charge in [0.05, 0.1) is 6.42 Å². The van der Waals surface area contributed by atoms with Crippen LogP contribution in [0.3, 0.4) is 0 Å². The molecule has 0 saturated carbocycles. The molecule has 5 nitrogen and oxygen atoms in total. The van der Waals surface area contributed by atoms with E-state index in [0.29, 0.717) is 18.0 Å². The second-order valence-electron chi connectivity index (χ2n) is 7.06. The van der Waals surface area contributed by atoms with Crippen molar-refractivity contribution >= 4 is 28.7 Å². The van der Waals surface area contributed by atoms with Crippen LogP contribution in [0.1, 0.15) is 37.1 Å². The molecule has 27 heavy (non-hydrogen) atoms. The van der Waals surface area contributed by atoms with Crippen LogP contribution >= 0.6 is 11.6 Å². The van der Waals surface area contributed by atoms with Crippen molar-refractivity contribution in [1.29, 1.82) is 0 Å². The number of amides is 1. The highest BCUT2D eigenvalue weighted by atomic mass is 35.5. The minimum Gasteiger partial charge on any atom is -0.342 e. The summed E-state index contributed by atoms with van der Waals surface area (Å²) in [6.45, 7) is 4.52. The predicted molar refractivity (Wildman–Crippen MR) is 107 cm³/mol. The van der Waals surface area contributed by atoms with Gasteiger partial charge in [-0.3, -0.25) is 4.79 Å².